The summed E-state index contributed by atoms with van der Waals surface area (Å²) >= 11 is 1.77. The zero-order chi connectivity index (χ0) is 22.6. The predicted octanol–water partition coefficient (Wildman–Crippen LogP) is 6.43. The highest BCUT2D eigenvalue weighted by molar-refractivity contribution is 7.99. The first-order valence-electron chi connectivity index (χ1n) is 10.9. The van der Waals surface area contributed by atoms with E-state index < -0.39 is 5.97 Å². The number of hydrogen-bond donors (Lipinski definition) is 1. The molecule has 0 atom stereocenters. The number of carboxylic acid groups (broad SMARTS) is 1. The van der Waals surface area contributed by atoms with Crippen molar-refractivity contribution in [2.75, 3.05) is 5.75 Å². The fourth-order valence-electron chi connectivity index (χ4n) is 4.32. The van der Waals surface area contributed by atoms with Gasteiger partial charge in [0.1, 0.15) is 17.1 Å². The SMILES string of the molecule is CCSc1cc2c(cc1C#Cc1ccc(CCCCC(=O)O)o1)C(C)(C)CC(C)(C)O2. The maximum Gasteiger partial charge on any atom is 0.303 e. The fourth-order valence-corrected chi connectivity index (χ4v) is 5.09. The maximum absolute atomic E-state index is 10.6. The fraction of sp³-hybridized carbons (Fsp3) is 0.500. The molecule has 2 heterocycles. The van der Waals surface area contributed by atoms with Crippen molar-refractivity contribution < 1.29 is 19.1 Å². The number of benzene rings is 1. The van der Waals surface area contributed by atoms with Crippen molar-refractivity contribution in [2.24, 2.45) is 0 Å². The number of thioether (sulfide) groups is 1. The molecule has 0 spiro atoms. The molecular weight excluding hydrogens is 408 g/mol. The van der Waals surface area contributed by atoms with Gasteiger partial charge in [0.25, 0.3) is 0 Å². The van der Waals surface area contributed by atoms with Crippen molar-refractivity contribution in [3.63, 3.8) is 0 Å². The van der Waals surface area contributed by atoms with E-state index >= 15 is 0 Å². The third kappa shape index (κ3) is 6.11. The number of rotatable bonds is 7. The van der Waals surface area contributed by atoms with E-state index in [0.717, 1.165) is 47.0 Å². The maximum atomic E-state index is 10.6. The number of ether oxygens (including phenoxy) is 1. The summed E-state index contributed by atoms with van der Waals surface area (Å²) in [6, 6.07) is 8.15. The molecule has 1 aromatic carbocycles. The number of unbranched alkanes of at least 4 members (excludes halogenated alkanes) is 1. The molecule has 0 unspecified atom stereocenters. The average Bonchev–Trinajstić information content (AvgIpc) is 3.10. The Hall–Kier alpha value is -2.32. The van der Waals surface area contributed by atoms with Crippen LogP contribution in [0.2, 0.25) is 0 Å². The zero-order valence-electron chi connectivity index (χ0n) is 19.1. The minimum atomic E-state index is -0.756. The van der Waals surface area contributed by atoms with E-state index in [0.29, 0.717) is 12.2 Å². The molecule has 166 valence electrons. The number of furan rings is 1. The van der Waals surface area contributed by atoms with Gasteiger partial charge in [-0.25, -0.2) is 0 Å². The molecule has 2 aromatic rings. The third-order valence-corrected chi connectivity index (χ3v) is 6.35. The highest BCUT2D eigenvalue weighted by Crippen LogP contribution is 2.46. The summed E-state index contributed by atoms with van der Waals surface area (Å²) in [4.78, 5) is 11.7. The number of carboxylic acids is 1. The summed E-state index contributed by atoms with van der Waals surface area (Å²) < 4.78 is 12.1. The molecule has 31 heavy (non-hydrogen) atoms. The molecule has 0 amide bonds. The Morgan fingerprint density at radius 3 is 2.65 bits per heavy atom. The number of hydrogen-bond acceptors (Lipinski definition) is 4. The van der Waals surface area contributed by atoms with Gasteiger partial charge in [-0.15, -0.1) is 11.8 Å². The Kier molecular flexibility index (Phi) is 7.11. The quantitative estimate of drug-likeness (QED) is 0.305. The first-order chi connectivity index (χ1) is 14.6. The third-order valence-electron chi connectivity index (χ3n) is 5.41. The summed E-state index contributed by atoms with van der Waals surface area (Å²) in [6.45, 7) is 11.0. The van der Waals surface area contributed by atoms with Crippen LogP contribution >= 0.6 is 11.8 Å². The molecule has 0 bridgehead atoms. The minimum Gasteiger partial charge on any atom is -0.487 e. The van der Waals surface area contributed by atoms with Gasteiger partial charge in [-0.2, -0.15) is 0 Å². The summed E-state index contributed by atoms with van der Waals surface area (Å²) in [5.41, 5.74) is 2.03. The van der Waals surface area contributed by atoms with Crippen LogP contribution in [-0.2, 0) is 16.6 Å². The molecule has 0 saturated carbocycles. The van der Waals surface area contributed by atoms with Gasteiger partial charge in [0.05, 0.1) is 0 Å². The molecule has 1 aromatic heterocycles. The van der Waals surface area contributed by atoms with Crippen LogP contribution in [-0.4, -0.2) is 22.4 Å². The van der Waals surface area contributed by atoms with Crippen LogP contribution in [0.4, 0.5) is 0 Å². The topological polar surface area (TPSA) is 59.7 Å². The predicted molar refractivity (Wildman–Crippen MR) is 125 cm³/mol. The number of carbonyl (C=O) groups is 1. The van der Waals surface area contributed by atoms with Crippen LogP contribution < -0.4 is 4.74 Å². The monoisotopic (exact) mass is 440 g/mol. The summed E-state index contributed by atoms with van der Waals surface area (Å²) in [5, 5.41) is 8.73. The molecule has 3 rings (SSSR count). The van der Waals surface area contributed by atoms with E-state index in [-0.39, 0.29) is 17.4 Å². The second kappa shape index (κ2) is 9.44. The Bertz CT molecular complexity index is 1000. The number of aryl methyl sites for hydroxylation is 1. The summed E-state index contributed by atoms with van der Waals surface area (Å²) in [5.74, 6) is 9.14. The van der Waals surface area contributed by atoms with Crippen LogP contribution in [0.1, 0.15) is 82.9 Å². The largest absolute Gasteiger partial charge is 0.487 e. The highest BCUT2D eigenvalue weighted by atomic mass is 32.2. The second-order valence-electron chi connectivity index (χ2n) is 9.32. The summed E-state index contributed by atoms with van der Waals surface area (Å²) in [6.07, 6.45) is 3.31. The molecule has 4 nitrogen and oxygen atoms in total. The van der Waals surface area contributed by atoms with E-state index in [1.165, 1.54) is 5.56 Å². The van der Waals surface area contributed by atoms with Gasteiger partial charge in [-0.3, -0.25) is 4.79 Å². The van der Waals surface area contributed by atoms with Gasteiger partial charge < -0.3 is 14.3 Å². The minimum absolute atomic E-state index is 0.0106. The lowest BCUT2D eigenvalue weighted by molar-refractivity contribution is -0.137. The molecule has 1 N–H and O–H groups in total. The van der Waals surface area contributed by atoms with Gasteiger partial charge in [0.2, 0.25) is 0 Å². The first kappa shape index (κ1) is 23.3. The van der Waals surface area contributed by atoms with Gasteiger partial charge in [0.15, 0.2) is 5.76 Å². The first-order valence-corrected chi connectivity index (χ1v) is 11.9. The van der Waals surface area contributed by atoms with Gasteiger partial charge >= 0.3 is 5.97 Å². The lowest BCUT2D eigenvalue weighted by Crippen LogP contribution is -2.41. The molecule has 0 radical (unpaired) electrons. The second-order valence-corrected chi connectivity index (χ2v) is 10.6. The average molecular weight is 441 g/mol. The lowest BCUT2D eigenvalue weighted by atomic mass is 9.73. The molecule has 5 heteroatoms. The zero-order valence-corrected chi connectivity index (χ0v) is 19.9. The summed E-state index contributed by atoms with van der Waals surface area (Å²) in [7, 11) is 0. The highest BCUT2D eigenvalue weighted by Gasteiger charge is 2.39. The Morgan fingerprint density at radius 1 is 1.16 bits per heavy atom. The smallest absolute Gasteiger partial charge is 0.303 e. The Morgan fingerprint density at radius 2 is 1.94 bits per heavy atom. The van der Waals surface area contributed by atoms with E-state index in [9.17, 15) is 4.79 Å². The Labute approximate surface area is 189 Å². The molecule has 0 fully saturated rings. The van der Waals surface area contributed by atoms with Crippen molar-refractivity contribution in [3.8, 4) is 17.6 Å². The van der Waals surface area contributed by atoms with Crippen LogP contribution in [0.15, 0.2) is 33.6 Å². The lowest BCUT2D eigenvalue weighted by Gasteiger charge is -2.42. The van der Waals surface area contributed by atoms with E-state index in [2.05, 4.69) is 58.6 Å². The number of fused-ring (bicyclic) bond motifs is 1. The molecule has 0 aliphatic carbocycles. The van der Waals surface area contributed by atoms with Crippen molar-refractivity contribution in [2.45, 2.75) is 82.6 Å². The van der Waals surface area contributed by atoms with Crippen molar-refractivity contribution in [1.29, 1.82) is 0 Å². The Balaban J connectivity index is 1.83. The van der Waals surface area contributed by atoms with E-state index in [1.54, 1.807) is 11.8 Å². The standard InChI is InChI=1S/C26H32O4S/c1-6-31-23-16-22-21(25(2,3)17-26(4,5)30-22)15-18(23)11-12-20-14-13-19(29-20)9-7-8-10-24(27)28/h13-16H,6-10,17H2,1-5H3,(H,27,28). The van der Waals surface area contributed by atoms with Crippen molar-refractivity contribution in [3.05, 3.63) is 46.9 Å². The van der Waals surface area contributed by atoms with E-state index in [1.807, 2.05) is 12.1 Å². The van der Waals surface area contributed by atoms with Crippen LogP contribution in [0, 0.1) is 11.8 Å². The van der Waals surface area contributed by atoms with Crippen LogP contribution in [0.25, 0.3) is 0 Å². The van der Waals surface area contributed by atoms with E-state index in [4.69, 9.17) is 14.3 Å². The van der Waals surface area contributed by atoms with Crippen molar-refractivity contribution >= 4 is 17.7 Å². The van der Waals surface area contributed by atoms with Gasteiger partial charge in [-0.05, 0) is 74.5 Å². The van der Waals surface area contributed by atoms with Gasteiger partial charge in [0, 0.05) is 28.9 Å². The normalized spacial score (nSPS) is 16.0. The molecule has 0 saturated heterocycles. The molecule has 1 aliphatic rings. The molecule has 1 aliphatic heterocycles. The number of aliphatic carboxylic acids is 1. The molecular formula is C26H32O4S. The van der Waals surface area contributed by atoms with Gasteiger partial charge in [-0.1, -0.05) is 26.7 Å². The van der Waals surface area contributed by atoms with Crippen LogP contribution in [0.3, 0.4) is 0 Å². The van der Waals surface area contributed by atoms with Crippen molar-refractivity contribution in [1.82, 2.24) is 0 Å². The van der Waals surface area contributed by atoms with Crippen LogP contribution in [0.5, 0.6) is 5.75 Å².